The molecule has 1 saturated carbocycles. The molecule has 0 spiro atoms. The van der Waals surface area contributed by atoms with Crippen LogP contribution in [0.25, 0.3) is 0 Å². The highest BCUT2D eigenvalue weighted by Crippen LogP contribution is 2.49. The lowest BCUT2D eigenvalue weighted by molar-refractivity contribution is -0.0618. The number of aryl methyl sites for hydroxylation is 1. The number of ether oxygens (including phenoxy) is 1. The minimum atomic E-state index is 0.190. The van der Waals surface area contributed by atoms with Crippen LogP contribution in [0.1, 0.15) is 96.7 Å². The molecule has 1 aliphatic carbocycles. The lowest BCUT2D eigenvalue weighted by Crippen LogP contribution is -2.44. The third-order valence-electron chi connectivity index (χ3n) is 6.11. The van der Waals surface area contributed by atoms with Gasteiger partial charge in [-0.1, -0.05) is 65.7 Å². The fraction of sp³-hybridized carbons (Fsp3) is 0.905. The van der Waals surface area contributed by atoms with Gasteiger partial charge in [0.1, 0.15) is 6.33 Å². The molecule has 25 heavy (non-hydrogen) atoms. The Morgan fingerprint density at radius 2 is 1.84 bits per heavy atom. The summed E-state index contributed by atoms with van der Waals surface area (Å²) in [5, 5.41) is 4.65. The topological polar surface area (TPSA) is 39.9 Å². The van der Waals surface area contributed by atoms with Gasteiger partial charge in [-0.3, -0.25) is 4.68 Å². The van der Waals surface area contributed by atoms with Crippen molar-refractivity contribution in [2.24, 2.45) is 18.4 Å². The third kappa shape index (κ3) is 5.54. The van der Waals surface area contributed by atoms with E-state index in [0.717, 1.165) is 5.82 Å². The van der Waals surface area contributed by atoms with Crippen LogP contribution >= 0.6 is 0 Å². The molecule has 0 aromatic carbocycles. The van der Waals surface area contributed by atoms with Crippen molar-refractivity contribution >= 4 is 0 Å². The fourth-order valence-corrected chi connectivity index (χ4v) is 4.62. The average molecular weight is 350 g/mol. The van der Waals surface area contributed by atoms with Crippen LogP contribution in [-0.2, 0) is 11.8 Å². The molecular weight excluding hydrogens is 310 g/mol. The fourth-order valence-electron chi connectivity index (χ4n) is 4.62. The van der Waals surface area contributed by atoms with Crippen LogP contribution in [0.3, 0.4) is 0 Å². The van der Waals surface area contributed by atoms with Gasteiger partial charge in [0.05, 0.1) is 12.0 Å². The van der Waals surface area contributed by atoms with E-state index in [2.05, 4.69) is 30.9 Å². The summed E-state index contributed by atoms with van der Waals surface area (Å²) < 4.78 is 7.82. The van der Waals surface area contributed by atoms with Gasteiger partial charge in [0, 0.05) is 14.2 Å². The first-order chi connectivity index (χ1) is 12.0. The summed E-state index contributed by atoms with van der Waals surface area (Å²) in [7, 11) is 3.82. The molecule has 144 valence electrons. The van der Waals surface area contributed by atoms with Crippen LogP contribution in [0, 0.1) is 11.3 Å². The molecule has 0 saturated heterocycles. The standard InChI is InChI=1S/C21H39N3O/c1-6-7-8-9-10-11-12-13-17-14-15-21(2,3)19(25-5)18(17)20-22-16-24(4)23-20/h16-19H,6-15H2,1-5H3/t17-,18+,19-/m1/s1. The van der Waals surface area contributed by atoms with Gasteiger partial charge in [0.2, 0.25) is 0 Å². The van der Waals surface area contributed by atoms with E-state index in [1.54, 1.807) is 0 Å². The second-order valence-electron chi connectivity index (χ2n) is 8.66. The molecule has 0 aliphatic heterocycles. The van der Waals surface area contributed by atoms with Crippen LogP contribution < -0.4 is 0 Å². The van der Waals surface area contributed by atoms with Crippen molar-refractivity contribution in [3.63, 3.8) is 0 Å². The SMILES string of the molecule is CCCCCCCCC[C@@H]1CCC(C)(C)[C@H](OC)[C@H]1c1ncn(C)n1. The van der Waals surface area contributed by atoms with E-state index in [0.29, 0.717) is 11.8 Å². The molecule has 0 amide bonds. The molecule has 4 heteroatoms. The molecule has 1 heterocycles. The Hall–Kier alpha value is -0.900. The largest absolute Gasteiger partial charge is 0.380 e. The first-order valence-electron chi connectivity index (χ1n) is 10.4. The summed E-state index contributed by atoms with van der Waals surface area (Å²) in [5.74, 6) is 1.96. The molecule has 0 unspecified atom stereocenters. The Morgan fingerprint density at radius 1 is 1.16 bits per heavy atom. The van der Waals surface area contributed by atoms with Gasteiger partial charge < -0.3 is 4.74 Å². The Bertz CT molecular complexity index is 497. The minimum Gasteiger partial charge on any atom is -0.380 e. The van der Waals surface area contributed by atoms with Crippen LogP contribution in [0.2, 0.25) is 0 Å². The molecule has 0 bridgehead atoms. The first-order valence-corrected chi connectivity index (χ1v) is 10.4. The minimum absolute atomic E-state index is 0.190. The Balaban J connectivity index is 1.95. The number of unbranched alkanes of at least 4 members (excludes halogenated alkanes) is 6. The maximum absolute atomic E-state index is 6.00. The molecule has 1 fully saturated rings. The molecule has 1 aromatic rings. The first kappa shape index (κ1) is 20.4. The summed E-state index contributed by atoms with van der Waals surface area (Å²) in [6.45, 7) is 6.95. The summed E-state index contributed by atoms with van der Waals surface area (Å²) in [4.78, 5) is 4.60. The van der Waals surface area contributed by atoms with Crippen molar-refractivity contribution in [3.8, 4) is 0 Å². The van der Waals surface area contributed by atoms with Gasteiger partial charge in [0.15, 0.2) is 5.82 Å². The highest BCUT2D eigenvalue weighted by Gasteiger charge is 2.46. The quantitative estimate of drug-likeness (QED) is 0.524. The van der Waals surface area contributed by atoms with E-state index < -0.39 is 0 Å². The summed E-state index contributed by atoms with van der Waals surface area (Å²) in [5.41, 5.74) is 0.190. The Kier molecular flexibility index (Phi) is 7.92. The zero-order chi connectivity index (χ0) is 18.3. The Labute approximate surface area is 154 Å². The number of aromatic nitrogens is 3. The van der Waals surface area contributed by atoms with Gasteiger partial charge in [-0.2, -0.15) is 5.10 Å². The Morgan fingerprint density at radius 3 is 2.44 bits per heavy atom. The van der Waals surface area contributed by atoms with Crippen LogP contribution in [0.4, 0.5) is 0 Å². The van der Waals surface area contributed by atoms with E-state index in [1.165, 1.54) is 64.2 Å². The number of rotatable bonds is 10. The monoisotopic (exact) mass is 349 g/mol. The second-order valence-corrected chi connectivity index (χ2v) is 8.66. The normalized spacial score (nSPS) is 26.0. The van der Waals surface area contributed by atoms with Crippen LogP contribution in [0.5, 0.6) is 0 Å². The summed E-state index contributed by atoms with van der Waals surface area (Å²) >= 11 is 0. The molecule has 4 nitrogen and oxygen atoms in total. The van der Waals surface area contributed by atoms with Gasteiger partial charge in [0.25, 0.3) is 0 Å². The van der Waals surface area contributed by atoms with E-state index in [4.69, 9.17) is 4.74 Å². The zero-order valence-electron chi connectivity index (χ0n) is 17.1. The van der Waals surface area contributed by atoms with Gasteiger partial charge in [-0.15, -0.1) is 0 Å². The van der Waals surface area contributed by atoms with Crippen LogP contribution in [0.15, 0.2) is 6.33 Å². The smallest absolute Gasteiger partial charge is 0.156 e. The van der Waals surface area contributed by atoms with Crippen molar-refractivity contribution in [2.75, 3.05) is 7.11 Å². The number of nitrogens with zero attached hydrogens (tertiary/aromatic N) is 3. The molecule has 1 aromatic heterocycles. The van der Waals surface area contributed by atoms with E-state index in [1.807, 2.05) is 25.2 Å². The zero-order valence-corrected chi connectivity index (χ0v) is 17.1. The molecule has 0 radical (unpaired) electrons. The predicted octanol–water partition coefficient (Wildman–Crippen LogP) is 5.49. The lowest BCUT2D eigenvalue weighted by Gasteiger charge is -2.46. The molecule has 1 aliphatic rings. The maximum atomic E-state index is 6.00. The van der Waals surface area contributed by atoms with E-state index in [-0.39, 0.29) is 11.5 Å². The van der Waals surface area contributed by atoms with E-state index in [9.17, 15) is 0 Å². The summed E-state index contributed by atoms with van der Waals surface area (Å²) in [6, 6.07) is 0. The van der Waals surface area contributed by atoms with Crippen LogP contribution in [-0.4, -0.2) is 28.0 Å². The van der Waals surface area contributed by atoms with Gasteiger partial charge >= 0.3 is 0 Å². The number of hydrogen-bond donors (Lipinski definition) is 0. The number of methoxy groups -OCH3 is 1. The van der Waals surface area contributed by atoms with E-state index >= 15 is 0 Å². The highest BCUT2D eigenvalue weighted by molar-refractivity contribution is 5.08. The number of hydrogen-bond acceptors (Lipinski definition) is 3. The van der Waals surface area contributed by atoms with Crippen molar-refractivity contribution in [2.45, 2.75) is 97.0 Å². The third-order valence-corrected chi connectivity index (χ3v) is 6.11. The van der Waals surface area contributed by atoms with Crippen molar-refractivity contribution in [3.05, 3.63) is 12.2 Å². The average Bonchev–Trinajstić information content (AvgIpc) is 3.00. The second kappa shape index (κ2) is 9.70. The molecular formula is C21H39N3O. The van der Waals surface area contributed by atoms with Gasteiger partial charge in [-0.05, 0) is 30.6 Å². The molecule has 3 atom stereocenters. The van der Waals surface area contributed by atoms with Crippen molar-refractivity contribution in [1.82, 2.24) is 14.8 Å². The maximum Gasteiger partial charge on any atom is 0.156 e. The molecule has 2 rings (SSSR count). The summed E-state index contributed by atoms with van der Waals surface area (Å²) in [6.07, 6.45) is 15.4. The predicted molar refractivity (Wildman–Crippen MR) is 104 cm³/mol. The van der Waals surface area contributed by atoms with Gasteiger partial charge in [-0.25, -0.2) is 4.98 Å². The lowest BCUT2D eigenvalue weighted by atomic mass is 9.63. The van der Waals surface area contributed by atoms with Crippen molar-refractivity contribution < 1.29 is 4.74 Å². The van der Waals surface area contributed by atoms with Crippen molar-refractivity contribution in [1.29, 1.82) is 0 Å². The highest BCUT2D eigenvalue weighted by atomic mass is 16.5. The molecule has 0 N–H and O–H groups in total.